The summed E-state index contributed by atoms with van der Waals surface area (Å²) in [5, 5.41) is 0. The van der Waals surface area contributed by atoms with Crippen LogP contribution in [0.15, 0.2) is 11.6 Å². The van der Waals surface area contributed by atoms with Crippen LogP contribution in [0.5, 0.6) is 0 Å². The van der Waals surface area contributed by atoms with Gasteiger partial charge in [0.25, 0.3) is 0 Å². The Bertz CT molecular complexity index is 859. The predicted octanol–water partition coefficient (Wildman–Crippen LogP) is 3.50. The molecule has 6 aliphatic rings. The van der Waals surface area contributed by atoms with E-state index < -0.39 is 5.60 Å². The molecule has 2 saturated heterocycles. The van der Waals surface area contributed by atoms with Crippen molar-refractivity contribution in [3.05, 3.63) is 11.6 Å². The summed E-state index contributed by atoms with van der Waals surface area (Å²) in [7, 11) is 0. The number of carbonyl (C=O) groups is 3. The lowest BCUT2D eigenvalue weighted by molar-refractivity contribution is -0.198. The van der Waals surface area contributed by atoms with E-state index >= 15 is 0 Å². The summed E-state index contributed by atoms with van der Waals surface area (Å²) < 4.78 is 12.3. The second-order valence-corrected chi connectivity index (χ2v) is 10.6. The van der Waals surface area contributed by atoms with E-state index in [1.807, 2.05) is 0 Å². The third kappa shape index (κ3) is 1.66. The average Bonchev–Trinajstić information content (AvgIpc) is 3.24. The van der Waals surface area contributed by atoms with Crippen molar-refractivity contribution in [3.63, 3.8) is 0 Å². The number of carbonyl (C=O) groups excluding carboxylic acids is 3. The third-order valence-electron chi connectivity index (χ3n) is 10.0. The van der Waals surface area contributed by atoms with Crippen LogP contribution in [-0.4, -0.2) is 28.9 Å². The van der Waals surface area contributed by atoms with Gasteiger partial charge in [0.1, 0.15) is 17.0 Å². The van der Waals surface area contributed by atoms with Gasteiger partial charge in [0, 0.05) is 36.0 Å². The Labute approximate surface area is 165 Å². The number of fused-ring (bicyclic) bond motifs is 3. The molecular weight excluding hydrogens is 356 g/mol. The summed E-state index contributed by atoms with van der Waals surface area (Å²) in [6.07, 6.45) is 8.87. The summed E-state index contributed by atoms with van der Waals surface area (Å²) in [6.45, 7) is 4.53. The van der Waals surface area contributed by atoms with E-state index in [1.165, 1.54) is 0 Å². The van der Waals surface area contributed by atoms with Crippen LogP contribution in [0.2, 0.25) is 0 Å². The molecule has 0 aromatic carbocycles. The van der Waals surface area contributed by atoms with Gasteiger partial charge in [-0.2, -0.15) is 0 Å². The fraction of sp³-hybridized carbons (Fsp3) is 0.783. The van der Waals surface area contributed by atoms with E-state index in [1.54, 1.807) is 0 Å². The van der Waals surface area contributed by atoms with Gasteiger partial charge >= 0.3 is 11.9 Å². The van der Waals surface area contributed by atoms with Crippen LogP contribution in [0.3, 0.4) is 0 Å². The molecule has 6 rings (SSSR count). The molecule has 0 N–H and O–H groups in total. The van der Waals surface area contributed by atoms with Gasteiger partial charge in [-0.15, -0.1) is 0 Å². The molecule has 0 amide bonds. The van der Waals surface area contributed by atoms with E-state index in [0.717, 1.165) is 44.1 Å². The smallest absolute Gasteiger partial charge is 0.313 e. The normalized spacial score (nSPS) is 54.0. The molecule has 1 spiro atoms. The summed E-state index contributed by atoms with van der Waals surface area (Å²) in [6, 6.07) is 0. The van der Waals surface area contributed by atoms with E-state index in [0.29, 0.717) is 25.2 Å². The highest BCUT2D eigenvalue weighted by Crippen LogP contribution is 2.74. The Morgan fingerprint density at radius 1 is 0.964 bits per heavy atom. The highest BCUT2D eigenvalue weighted by atomic mass is 16.6. The molecule has 0 aromatic rings. The number of hydrogen-bond donors (Lipinski definition) is 0. The fourth-order valence-corrected chi connectivity index (χ4v) is 8.43. The minimum atomic E-state index is -0.488. The first kappa shape index (κ1) is 17.2. The number of esters is 2. The van der Waals surface area contributed by atoms with Crippen LogP contribution in [0, 0.1) is 28.6 Å². The van der Waals surface area contributed by atoms with Gasteiger partial charge in [-0.25, -0.2) is 0 Å². The van der Waals surface area contributed by atoms with Gasteiger partial charge in [-0.1, -0.05) is 25.5 Å². The summed E-state index contributed by atoms with van der Waals surface area (Å²) in [5.74, 6) is 0.320. The Morgan fingerprint density at radius 2 is 1.79 bits per heavy atom. The first-order valence-electron chi connectivity index (χ1n) is 10.9. The van der Waals surface area contributed by atoms with Crippen LogP contribution >= 0.6 is 0 Å². The predicted molar refractivity (Wildman–Crippen MR) is 99.0 cm³/mol. The van der Waals surface area contributed by atoms with Crippen LogP contribution < -0.4 is 0 Å². The molecule has 5 heteroatoms. The number of ether oxygens (including phenoxy) is 2. The van der Waals surface area contributed by atoms with Crippen molar-refractivity contribution in [2.24, 2.45) is 28.6 Å². The molecule has 28 heavy (non-hydrogen) atoms. The standard InChI is InChI=1S/C23H28O5/c1-20-6-3-14(24)11-13(20)12-15-18-16-4-7-22(8-5-17(25)27-22)21(16,2)9-10-23(18,20)28-19(15)26/h12,15-16,18H,3-11H2,1-2H3/t15-,16?,18?,20+,21+,22-,23-/m1/s1. The highest BCUT2D eigenvalue weighted by Gasteiger charge is 2.77. The van der Waals surface area contributed by atoms with Crippen molar-refractivity contribution >= 4 is 17.7 Å². The van der Waals surface area contributed by atoms with Gasteiger partial charge in [0.05, 0.1) is 5.92 Å². The minimum Gasteiger partial charge on any atom is -0.458 e. The van der Waals surface area contributed by atoms with Crippen molar-refractivity contribution in [3.8, 4) is 0 Å². The number of rotatable bonds is 0. The van der Waals surface area contributed by atoms with Crippen molar-refractivity contribution in [2.45, 2.75) is 82.8 Å². The lowest BCUT2D eigenvalue weighted by atomic mass is 9.43. The molecule has 4 aliphatic carbocycles. The van der Waals surface area contributed by atoms with Gasteiger partial charge < -0.3 is 9.47 Å². The molecule has 0 aromatic heterocycles. The molecule has 0 radical (unpaired) electrons. The van der Waals surface area contributed by atoms with Gasteiger partial charge in [0.2, 0.25) is 0 Å². The zero-order valence-corrected chi connectivity index (χ0v) is 16.7. The summed E-state index contributed by atoms with van der Waals surface area (Å²) in [4.78, 5) is 37.2. The molecule has 2 aliphatic heterocycles. The van der Waals surface area contributed by atoms with Gasteiger partial charge in [-0.3, -0.25) is 14.4 Å². The van der Waals surface area contributed by atoms with Gasteiger partial charge in [-0.05, 0) is 44.4 Å². The van der Waals surface area contributed by atoms with Crippen molar-refractivity contribution in [2.75, 3.05) is 0 Å². The SMILES string of the molecule is C[C@]12CCC(=O)CC1=C[C@H]1C(=O)O[C@@]23CC[C@@]2(C)C(CC[C@@]24CCC(=O)O4)C13. The largest absolute Gasteiger partial charge is 0.458 e. The highest BCUT2D eigenvalue weighted by molar-refractivity contribution is 5.86. The maximum absolute atomic E-state index is 13.0. The lowest BCUT2D eigenvalue weighted by Gasteiger charge is -2.61. The molecule has 5 fully saturated rings. The molecule has 150 valence electrons. The second kappa shape index (κ2) is 4.91. The van der Waals surface area contributed by atoms with Crippen LogP contribution in [0.4, 0.5) is 0 Å². The Hall–Kier alpha value is -1.65. The molecule has 2 bridgehead atoms. The first-order valence-corrected chi connectivity index (χ1v) is 10.9. The van der Waals surface area contributed by atoms with Crippen LogP contribution in [0.1, 0.15) is 71.6 Å². The topological polar surface area (TPSA) is 69.7 Å². The summed E-state index contributed by atoms with van der Waals surface area (Å²) >= 11 is 0. The minimum absolute atomic E-state index is 0.0685. The Morgan fingerprint density at radius 3 is 2.54 bits per heavy atom. The second-order valence-electron chi connectivity index (χ2n) is 10.6. The molecular formula is C23H28O5. The lowest BCUT2D eigenvalue weighted by Crippen LogP contribution is -2.63. The van der Waals surface area contributed by atoms with E-state index in [4.69, 9.17) is 9.47 Å². The Balaban J connectivity index is 1.48. The average molecular weight is 384 g/mol. The molecule has 2 heterocycles. The number of Topliss-reactive ketones (excluding diaryl/α,β-unsaturated/α-hetero) is 1. The molecule has 5 nitrogen and oxygen atoms in total. The van der Waals surface area contributed by atoms with E-state index in [-0.39, 0.29) is 46.0 Å². The van der Waals surface area contributed by atoms with Crippen LogP contribution in [0.25, 0.3) is 0 Å². The van der Waals surface area contributed by atoms with E-state index in [2.05, 4.69) is 19.9 Å². The summed E-state index contributed by atoms with van der Waals surface area (Å²) in [5.41, 5.74) is -0.0347. The quantitative estimate of drug-likeness (QED) is 0.472. The third-order valence-corrected chi connectivity index (χ3v) is 10.0. The number of hydrogen-bond acceptors (Lipinski definition) is 5. The van der Waals surface area contributed by atoms with Crippen molar-refractivity contribution in [1.82, 2.24) is 0 Å². The van der Waals surface area contributed by atoms with Crippen molar-refractivity contribution < 1.29 is 23.9 Å². The molecule has 3 saturated carbocycles. The maximum Gasteiger partial charge on any atom is 0.313 e. The fourth-order valence-electron chi connectivity index (χ4n) is 8.43. The zero-order valence-electron chi connectivity index (χ0n) is 16.7. The number of ketones is 1. The zero-order chi connectivity index (χ0) is 19.5. The van der Waals surface area contributed by atoms with Gasteiger partial charge in [0.15, 0.2) is 0 Å². The Kier molecular flexibility index (Phi) is 3.02. The molecule has 7 atom stereocenters. The first-order chi connectivity index (χ1) is 13.2. The monoisotopic (exact) mass is 384 g/mol. The van der Waals surface area contributed by atoms with Crippen LogP contribution in [-0.2, 0) is 23.9 Å². The molecule has 2 unspecified atom stereocenters. The maximum atomic E-state index is 13.0. The van der Waals surface area contributed by atoms with E-state index in [9.17, 15) is 14.4 Å². The van der Waals surface area contributed by atoms with Crippen molar-refractivity contribution in [1.29, 1.82) is 0 Å².